The lowest BCUT2D eigenvalue weighted by Gasteiger charge is -2.34. The second-order valence-corrected chi connectivity index (χ2v) is 10.2. The van der Waals surface area contributed by atoms with Gasteiger partial charge in [0.2, 0.25) is 5.91 Å². The number of anilines is 1. The number of fused-ring (bicyclic) bond motifs is 1. The molecule has 0 spiro atoms. The summed E-state index contributed by atoms with van der Waals surface area (Å²) in [5.74, 6) is 1.19. The first-order valence-corrected chi connectivity index (χ1v) is 12.6. The van der Waals surface area contributed by atoms with Gasteiger partial charge in [-0.3, -0.25) is 9.69 Å². The second kappa shape index (κ2) is 9.02. The normalized spacial score (nSPS) is 15.8. The second-order valence-electron chi connectivity index (χ2n) is 8.20. The van der Waals surface area contributed by atoms with Gasteiger partial charge in [0.1, 0.15) is 17.6 Å². The monoisotopic (exact) mass is 476 g/mol. The van der Waals surface area contributed by atoms with E-state index in [1.165, 1.54) is 15.3 Å². The Balaban J connectivity index is 1.41. The van der Waals surface area contributed by atoms with E-state index in [-0.39, 0.29) is 18.5 Å². The van der Waals surface area contributed by atoms with Gasteiger partial charge in [0, 0.05) is 22.0 Å². The SMILES string of the molecule is Cc1c(C#N)c(NC(=O)CN2CCc3sccc3C2c2cccs2)n(Cc2ccco2)c1C. The molecule has 0 bridgehead atoms. The van der Waals surface area contributed by atoms with Crippen molar-refractivity contribution in [2.24, 2.45) is 0 Å². The molecule has 0 radical (unpaired) electrons. The summed E-state index contributed by atoms with van der Waals surface area (Å²) in [6.45, 7) is 5.41. The average molecular weight is 477 g/mol. The van der Waals surface area contributed by atoms with Crippen LogP contribution in [-0.4, -0.2) is 28.5 Å². The maximum Gasteiger partial charge on any atom is 0.239 e. The number of amides is 1. The average Bonchev–Trinajstić information content (AvgIpc) is 3.61. The predicted octanol–water partition coefficient (Wildman–Crippen LogP) is 5.33. The van der Waals surface area contributed by atoms with Crippen molar-refractivity contribution in [3.05, 3.63) is 85.3 Å². The summed E-state index contributed by atoms with van der Waals surface area (Å²) < 4.78 is 7.47. The van der Waals surface area contributed by atoms with Crippen LogP contribution >= 0.6 is 22.7 Å². The van der Waals surface area contributed by atoms with Crippen molar-refractivity contribution in [3.8, 4) is 6.07 Å². The molecule has 5 heterocycles. The molecule has 8 heteroatoms. The minimum Gasteiger partial charge on any atom is -0.467 e. The van der Waals surface area contributed by atoms with E-state index in [1.807, 2.05) is 30.5 Å². The molecule has 1 atom stereocenters. The molecule has 1 aliphatic heterocycles. The zero-order valence-corrected chi connectivity index (χ0v) is 20.1. The first-order valence-electron chi connectivity index (χ1n) is 10.8. The Labute approximate surface area is 200 Å². The molecular formula is C25H24N4O2S2. The van der Waals surface area contributed by atoms with E-state index < -0.39 is 0 Å². The quantitative estimate of drug-likeness (QED) is 0.408. The first-order chi connectivity index (χ1) is 16.1. The molecule has 5 rings (SSSR count). The molecule has 0 aliphatic carbocycles. The number of carbonyl (C=O) groups is 1. The third kappa shape index (κ3) is 4.04. The van der Waals surface area contributed by atoms with Gasteiger partial charge in [0.25, 0.3) is 0 Å². The Morgan fingerprint density at radius 3 is 2.85 bits per heavy atom. The Morgan fingerprint density at radius 1 is 1.24 bits per heavy atom. The first kappa shape index (κ1) is 21.7. The highest BCUT2D eigenvalue weighted by Gasteiger charge is 2.32. The maximum absolute atomic E-state index is 13.3. The molecule has 1 amide bonds. The summed E-state index contributed by atoms with van der Waals surface area (Å²) in [4.78, 5) is 18.2. The van der Waals surface area contributed by atoms with Crippen molar-refractivity contribution in [1.29, 1.82) is 5.26 Å². The largest absolute Gasteiger partial charge is 0.467 e. The number of rotatable bonds is 6. The van der Waals surface area contributed by atoms with Crippen LogP contribution in [0.5, 0.6) is 0 Å². The van der Waals surface area contributed by atoms with Crippen LogP contribution in [-0.2, 0) is 17.8 Å². The molecule has 0 saturated heterocycles. The summed E-state index contributed by atoms with van der Waals surface area (Å²) in [5, 5.41) is 17.1. The molecule has 6 nitrogen and oxygen atoms in total. The van der Waals surface area contributed by atoms with Gasteiger partial charge in [-0.15, -0.1) is 22.7 Å². The van der Waals surface area contributed by atoms with Gasteiger partial charge in [0.05, 0.1) is 31.0 Å². The number of furan rings is 1. The van der Waals surface area contributed by atoms with Crippen molar-refractivity contribution in [3.63, 3.8) is 0 Å². The highest BCUT2D eigenvalue weighted by Crippen LogP contribution is 2.39. The molecule has 4 aromatic heterocycles. The van der Waals surface area contributed by atoms with Crippen LogP contribution in [0, 0.1) is 25.2 Å². The predicted molar refractivity (Wildman–Crippen MR) is 131 cm³/mol. The van der Waals surface area contributed by atoms with Crippen LogP contribution in [0.25, 0.3) is 0 Å². The van der Waals surface area contributed by atoms with E-state index >= 15 is 0 Å². The third-order valence-electron chi connectivity index (χ3n) is 6.32. The number of nitrogens with zero attached hydrogens (tertiary/aromatic N) is 3. The van der Waals surface area contributed by atoms with Gasteiger partial charge in [-0.25, -0.2) is 0 Å². The number of aromatic nitrogens is 1. The Hall–Kier alpha value is -3.12. The fourth-order valence-corrected chi connectivity index (χ4v) is 6.34. The smallest absolute Gasteiger partial charge is 0.239 e. The fourth-order valence-electron chi connectivity index (χ4n) is 4.56. The molecule has 4 aromatic rings. The van der Waals surface area contributed by atoms with E-state index in [0.717, 1.165) is 30.0 Å². The van der Waals surface area contributed by atoms with E-state index in [9.17, 15) is 10.1 Å². The van der Waals surface area contributed by atoms with Crippen LogP contribution in [0.4, 0.5) is 5.82 Å². The van der Waals surface area contributed by atoms with Gasteiger partial charge in [-0.1, -0.05) is 6.07 Å². The van der Waals surface area contributed by atoms with E-state index in [2.05, 4.69) is 45.2 Å². The Morgan fingerprint density at radius 2 is 2.12 bits per heavy atom. The van der Waals surface area contributed by atoms with Crippen molar-refractivity contribution in [1.82, 2.24) is 9.47 Å². The molecule has 1 N–H and O–H groups in total. The van der Waals surface area contributed by atoms with Crippen molar-refractivity contribution in [2.75, 3.05) is 18.4 Å². The van der Waals surface area contributed by atoms with Crippen LogP contribution in [0.1, 0.15) is 43.9 Å². The summed E-state index contributed by atoms with van der Waals surface area (Å²) >= 11 is 3.51. The van der Waals surface area contributed by atoms with Crippen molar-refractivity contribution >= 4 is 34.4 Å². The molecular weight excluding hydrogens is 452 g/mol. The van der Waals surface area contributed by atoms with E-state index in [1.54, 1.807) is 28.9 Å². The van der Waals surface area contributed by atoms with Gasteiger partial charge < -0.3 is 14.3 Å². The maximum atomic E-state index is 13.3. The summed E-state index contributed by atoms with van der Waals surface area (Å²) in [6, 6.07) is 12.5. The number of carbonyl (C=O) groups excluding carboxylic acids is 1. The molecule has 168 valence electrons. The molecule has 0 saturated carbocycles. The fraction of sp³-hybridized carbons (Fsp3) is 0.280. The molecule has 1 aliphatic rings. The van der Waals surface area contributed by atoms with Gasteiger partial charge >= 0.3 is 0 Å². The Kier molecular flexibility index (Phi) is 5.94. The van der Waals surface area contributed by atoms with Crippen LogP contribution in [0.2, 0.25) is 0 Å². The number of hydrogen-bond donors (Lipinski definition) is 1. The summed E-state index contributed by atoms with van der Waals surface area (Å²) in [7, 11) is 0. The zero-order chi connectivity index (χ0) is 22.9. The van der Waals surface area contributed by atoms with E-state index in [4.69, 9.17) is 4.42 Å². The summed E-state index contributed by atoms with van der Waals surface area (Å²) in [6.07, 6.45) is 2.57. The third-order valence-corrected chi connectivity index (χ3v) is 8.24. The van der Waals surface area contributed by atoms with E-state index in [0.29, 0.717) is 17.9 Å². The number of nitrogens with one attached hydrogen (secondary N) is 1. The van der Waals surface area contributed by atoms with Crippen molar-refractivity contribution in [2.45, 2.75) is 32.9 Å². The molecule has 33 heavy (non-hydrogen) atoms. The lowest BCUT2D eigenvalue weighted by atomic mass is 9.98. The van der Waals surface area contributed by atoms with Crippen LogP contribution < -0.4 is 5.32 Å². The topological polar surface area (TPSA) is 74.2 Å². The zero-order valence-electron chi connectivity index (χ0n) is 18.5. The molecule has 0 fully saturated rings. The van der Waals surface area contributed by atoms with Crippen LogP contribution in [0.3, 0.4) is 0 Å². The lowest BCUT2D eigenvalue weighted by Crippen LogP contribution is -2.40. The number of thiophene rings is 2. The Bertz CT molecular complexity index is 1310. The minimum atomic E-state index is -0.120. The highest BCUT2D eigenvalue weighted by molar-refractivity contribution is 7.10. The van der Waals surface area contributed by atoms with Crippen LogP contribution in [0.15, 0.2) is 51.8 Å². The molecule has 1 unspecified atom stereocenters. The summed E-state index contributed by atoms with van der Waals surface area (Å²) in [5.41, 5.74) is 3.61. The lowest BCUT2D eigenvalue weighted by molar-refractivity contribution is -0.117. The van der Waals surface area contributed by atoms with Gasteiger partial charge in [-0.05, 0) is 66.4 Å². The highest BCUT2D eigenvalue weighted by atomic mass is 32.1. The number of hydrogen-bond acceptors (Lipinski definition) is 6. The minimum absolute atomic E-state index is 0.0829. The standard InChI is InChI=1S/C25H24N4O2S2/c1-16-17(2)29(14-18-5-3-10-31-18)25(20(16)13-26)27-23(30)15-28-9-7-21-19(8-12-33-21)24(28)22-6-4-11-32-22/h3-6,8,10-12,24H,7,9,14-15H2,1-2H3,(H,27,30). The molecule has 0 aromatic carbocycles. The number of nitriles is 1. The van der Waals surface area contributed by atoms with Gasteiger partial charge in [-0.2, -0.15) is 5.26 Å². The van der Waals surface area contributed by atoms with Crippen molar-refractivity contribution < 1.29 is 9.21 Å². The van der Waals surface area contributed by atoms with Gasteiger partial charge in [0.15, 0.2) is 0 Å².